The van der Waals surface area contributed by atoms with E-state index >= 15 is 0 Å². The van der Waals surface area contributed by atoms with Crippen LogP contribution in [0.2, 0.25) is 0 Å². The standard InChI is InChI=1S/C8H16ClN/c1-4-5-8(6-9)10-7(2)3/h7H,4-6H2,1-3H3. The number of hydrogen-bond donors (Lipinski definition) is 0. The van der Waals surface area contributed by atoms with Gasteiger partial charge in [-0.25, -0.2) is 0 Å². The summed E-state index contributed by atoms with van der Waals surface area (Å²) in [5.74, 6) is 0.589. The molecule has 0 amide bonds. The van der Waals surface area contributed by atoms with Gasteiger partial charge in [-0.05, 0) is 20.3 Å². The van der Waals surface area contributed by atoms with Crippen LogP contribution in [0.1, 0.15) is 33.6 Å². The van der Waals surface area contributed by atoms with E-state index in [0.29, 0.717) is 11.9 Å². The van der Waals surface area contributed by atoms with Crippen LogP contribution in [0.25, 0.3) is 0 Å². The Balaban J connectivity index is 3.78. The van der Waals surface area contributed by atoms with Crippen molar-refractivity contribution in [1.82, 2.24) is 0 Å². The maximum absolute atomic E-state index is 5.66. The molecule has 1 nitrogen and oxygen atoms in total. The van der Waals surface area contributed by atoms with Gasteiger partial charge in [0.15, 0.2) is 0 Å². The molecule has 60 valence electrons. The third-order valence-electron chi connectivity index (χ3n) is 1.13. The number of alkyl halides is 1. The quantitative estimate of drug-likeness (QED) is 0.444. The molecular weight excluding hydrogens is 146 g/mol. The zero-order valence-electron chi connectivity index (χ0n) is 7.02. The van der Waals surface area contributed by atoms with Crippen LogP contribution in [-0.4, -0.2) is 17.6 Å². The number of rotatable bonds is 4. The Morgan fingerprint density at radius 1 is 1.50 bits per heavy atom. The number of nitrogens with zero attached hydrogens (tertiary/aromatic N) is 1. The van der Waals surface area contributed by atoms with Crippen LogP contribution in [0.3, 0.4) is 0 Å². The Labute approximate surface area is 68.5 Å². The second kappa shape index (κ2) is 5.72. The van der Waals surface area contributed by atoms with Crippen molar-refractivity contribution in [3.05, 3.63) is 0 Å². The van der Waals surface area contributed by atoms with Gasteiger partial charge >= 0.3 is 0 Å². The summed E-state index contributed by atoms with van der Waals surface area (Å²) in [6.45, 7) is 6.28. The fourth-order valence-electron chi connectivity index (χ4n) is 0.820. The molecule has 2 heteroatoms. The Bertz CT molecular complexity index is 108. The highest BCUT2D eigenvalue weighted by molar-refractivity contribution is 6.28. The van der Waals surface area contributed by atoms with Crippen LogP contribution in [0, 0.1) is 0 Å². The van der Waals surface area contributed by atoms with E-state index in [2.05, 4.69) is 25.8 Å². The van der Waals surface area contributed by atoms with Crippen LogP contribution >= 0.6 is 11.6 Å². The normalized spacial score (nSPS) is 12.7. The predicted octanol–water partition coefficient (Wildman–Crippen LogP) is 2.87. The molecule has 0 bridgehead atoms. The lowest BCUT2D eigenvalue weighted by Crippen LogP contribution is -2.03. The van der Waals surface area contributed by atoms with Gasteiger partial charge in [-0.15, -0.1) is 11.6 Å². The number of hydrogen-bond acceptors (Lipinski definition) is 1. The molecule has 0 heterocycles. The average Bonchev–Trinajstić information content (AvgIpc) is 1.86. The van der Waals surface area contributed by atoms with Crippen LogP contribution in [0.15, 0.2) is 4.99 Å². The Morgan fingerprint density at radius 3 is 2.40 bits per heavy atom. The highest BCUT2D eigenvalue weighted by atomic mass is 35.5. The first-order valence-electron chi connectivity index (χ1n) is 3.82. The third kappa shape index (κ3) is 4.80. The molecule has 0 aliphatic rings. The predicted molar refractivity (Wildman–Crippen MR) is 48.2 cm³/mol. The van der Waals surface area contributed by atoms with E-state index in [0.717, 1.165) is 18.6 Å². The molecule has 0 aromatic rings. The van der Waals surface area contributed by atoms with Gasteiger partial charge in [-0.2, -0.15) is 0 Å². The first-order valence-corrected chi connectivity index (χ1v) is 4.35. The lowest BCUT2D eigenvalue weighted by atomic mass is 10.2. The molecular formula is C8H16ClN. The van der Waals surface area contributed by atoms with Crippen LogP contribution in [0.4, 0.5) is 0 Å². The van der Waals surface area contributed by atoms with Gasteiger partial charge in [-0.3, -0.25) is 4.99 Å². The average molecular weight is 162 g/mol. The van der Waals surface area contributed by atoms with Crippen molar-refractivity contribution >= 4 is 17.3 Å². The first-order chi connectivity index (χ1) is 4.70. The Morgan fingerprint density at radius 2 is 2.10 bits per heavy atom. The molecule has 10 heavy (non-hydrogen) atoms. The van der Waals surface area contributed by atoms with E-state index < -0.39 is 0 Å². The summed E-state index contributed by atoms with van der Waals surface area (Å²) in [7, 11) is 0. The molecule has 0 atom stereocenters. The highest BCUT2D eigenvalue weighted by Crippen LogP contribution is 1.98. The topological polar surface area (TPSA) is 12.4 Å². The largest absolute Gasteiger partial charge is 0.290 e. The maximum atomic E-state index is 5.66. The van der Waals surface area contributed by atoms with Crippen molar-refractivity contribution in [2.24, 2.45) is 4.99 Å². The van der Waals surface area contributed by atoms with Crippen LogP contribution in [-0.2, 0) is 0 Å². The van der Waals surface area contributed by atoms with Gasteiger partial charge in [0.05, 0.1) is 5.88 Å². The van der Waals surface area contributed by atoms with Crippen molar-refractivity contribution in [1.29, 1.82) is 0 Å². The summed E-state index contributed by atoms with van der Waals surface area (Å²) in [6.07, 6.45) is 2.18. The van der Waals surface area contributed by atoms with Crippen molar-refractivity contribution in [2.75, 3.05) is 5.88 Å². The van der Waals surface area contributed by atoms with Gasteiger partial charge in [0.2, 0.25) is 0 Å². The Kier molecular flexibility index (Phi) is 5.70. The van der Waals surface area contributed by atoms with E-state index in [1.807, 2.05) is 0 Å². The van der Waals surface area contributed by atoms with Gasteiger partial charge in [-0.1, -0.05) is 13.3 Å². The minimum absolute atomic E-state index is 0.389. The van der Waals surface area contributed by atoms with Gasteiger partial charge in [0.25, 0.3) is 0 Å². The van der Waals surface area contributed by atoms with Crippen molar-refractivity contribution in [3.63, 3.8) is 0 Å². The molecule has 0 aromatic carbocycles. The maximum Gasteiger partial charge on any atom is 0.0603 e. The smallest absolute Gasteiger partial charge is 0.0603 e. The molecule has 0 aliphatic heterocycles. The van der Waals surface area contributed by atoms with Crippen LogP contribution < -0.4 is 0 Å². The molecule has 0 spiro atoms. The van der Waals surface area contributed by atoms with E-state index in [4.69, 9.17) is 11.6 Å². The molecule has 0 unspecified atom stereocenters. The number of aliphatic imine (C=N–C) groups is 1. The summed E-state index contributed by atoms with van der Waals surface area (Å²) in [4.78, 5) is 4.37. The molecule has 0 aromatic heterocycles. The monoisotopic (exact) mass is 161 g/mol. The zero-order chi connectivity index (χ0) is 7.98. The van der Waals surface area contributed by atoms with E-state index in [-0.39, 0.29) is 0 Å². The fraction of sp³-hybridized carbons (Fsp3) is 0.875. The summed E-state index contributed by atoms with van der Waals surface area (Å²) in [5.41, 5.74) is 1.14. The van der Waals surface area contributed by atoms with E-state index in [9.17, 15) is 0 Å². The van der Waals surface area contributed by atoms with E-state index in [1.165, 1.54) is 0 Å². The second-order valence-electron chi connectivity index (χ2n) is 2.67. The van der Waals surface area contributed by atoms with Gasteiger partial charge < -0.3 is 0 Å². The Hall–Kier alpha value is -0.0400. The molecule has 0 rings (SSSR count). The lowest BCUT2D eigenvalue weighted by Gasteiger charge is -2.02. The highest BCUT2D eigenvalue weighted by Gasteiger charge is 1.96. The van der Waals surface area contributed by atoms with Crippen LogP contribution in [0.5, 0.6) is 0 Å². The van der Waals surface area contributed by atoms with Gasteiger partial charge in [0.1, 0.15) is 0 Å². The summed E-state index contributed by atoms with van der Waals surface area (Å²) in [5, 5.41) is 0. The first kappa shape index (κ1) is 9.96. The van der Waals surface area contributed by atoms with Crippen molar-refractivity contribution < 1.29 is 0 Å². The lowest BCUT2D eigenvalue weighted by molar-refractivity contribution is 0.823. The van der Waals surface area contributed by atoms with Crippen molar-refractivity contribution in [2.45, 2.75) is 39.7 Å². The summed E-state index contributed by atoms with van der Waals surface area (Å²) >= 11 is 5.66. The SMILES string of the molecule is CCCC(CCl)=NC(C)C. The second-order valence-corrected chi connectivity index (χ2v) is 2.94. The van der Waals surface area contributed by atoms with E-state index in [1.54, 1.807) is 0 Å². The fourth-order valence-corrected chi connectivity index (χ4v) is 1.02. The zero-order valence-corrected chi connectivity index (χ0v) is 7.78. The number of halogens is 1. The minimum Gasteiger partial charge on any atom is -0.290 e. The summed E-state index contributed by atoms with van der Waals surface area (Å²) in [6, 6.07) is 0.389. The molecule has 0 saturated heterocycles. The molecule has 0 saturated carbocycles. The van der Waals surface area contributed by atoms with Crippen molar-refractivity contribution in [3.8, 4) is 0 Å². The van der Waals surface area contributed by atoms with Gasteiger partial charge in [0, 0.05) is 11.8 Å². The minimum atomic E-state index is 0.389. The third-order valence-corrected chi connectivity index (χ3v) is 1.44. The molecule has 0 fully saturated rings. The summed E-state index contributed by atoms with van der Waals surface area (Å²) < 4.78 is 0. The molecule has 0 radical (unpaired) electrons. The molecule has 0 N–H and O–H groups in total. The molecule has 0 aliphatic carbocycles.